The molecule has 0 aliphatic carbocycles. The largest absolute Gasteiger partial charge is 0.491 e. The van der Waals surface area contributed by atoms with Crippen molar-refractivity contribution in [2.45, 2.75) is 0 Å². The van der Waals surface area contributed by atoms with E-state index in [9.17, 15) is 14.9 Å². The number of nitro benzene ring substituents is 1. The van der Waals surface area contributed by atoms with E-state index in [1.807, 2.05) is 18.2 Å². The molecule has 7 heteroatoms. The summed E-state index contributed by atoms with van der Waals surface area (Å²) in [6.07, 6.45) is 1.59. The molecule has 0 N–H and O–H groups in total. The summed E-state index contributed by atoms with van der Waals surface area (Å²) in [7, 11) is 2.98. The molecule has 0 saturated carbocycles. The van der Waals surface area contributed by atoms with E-state index in [2.05, 4.69) is 0 Å². The highest BCUT2D eigenvalue weighted by molar-refractivity contribution is 5.73. The number of hydrogen-bond donors (Lipinski definition) is 0. The molecule has 3 rings (SSSR count). The number of aromatic nitrogens is 1. The van der Waals surface area contributed by atoms with Crippen molar-refractivity contribution in [3.05, 3.63) is 81.3 Å². The molecule has 0 bridgehead atoms. The van der Waals surface area contributed by atoms with Gasteiger partial charge >= 0.3 is 0 Å². The minimum Gasteiger partial charge on any atom is -0.491 e. The molecule has 0 atom stereocenters. The molecule has 7 nitrogen and oxygen atoms in total. The second-order valence-electron chi connectivity index (χ2n) is 5.57. The minimum absolute atomic E-state index is 0.0757. The Morgan fingerprint density at radius 2 is 1.77 bits per heavy atom. The summed E-state index contributed by atoms with van der Waals surface area (Å²) in [5.41, 5.74) is 0.677. The maximum atomic E-state index is 12.0. The van der Waals surface area contributed by atoms with Crippen LogP contribution in [-0.2, 0) is 7.05 Å². The Morgan fingerprint density at radius 3 is 2.42 bits per heavy atom. The molecule has 0 aliphatic heterocycles. The highest BCUT2D eigenvalue weighted by Gasteiger charge is 2.16. The fourth-order valence-corrected chi connectivity index (χ4v) is 2.54. The van der Waals surface area contributed by atoms with Crippen LogP contribution in [0.15, 0.2) is 65.6 Å². The lowest BCUT2D eigenvalue weighted by Crippen LogP contribution is -2.17. The van der Waals surface area contributed by atoms with Crippen LogP contribution in [-0.4, -0.2) is 16.6 Å². The van der Waals surface area contributed by atoms with Crippen molar-refractivity contribution in [3.8, 4) is 28.4 Å². The van der Waals surface area contributed by atoms with Crippen molar-refractivity contribution >= 4 is 5.69 Å². The third kappa shape index (κ3) is 3.41. The van der Waals surface area contributed by atoms with Crippen LogP contribution in [0.2, 0.25) is 0 Å². The standard InChI is InChI=1S/C19H16N2O5/c1-20-12-13(10-18(25-2)19(20)22)16-11-14(21(23)24)8-9-17(16)26-15-6-4-3-5-7-15/h3-12H,1-2H3. The predicted molar refractivity (Wildman–Crippen MR) is 96.8 cm³/mol. The van der Waals surface area contributed by atoms with Crippen molar-refractivity contribution in [2.75, 3.05) is 7.11 Å². The molecule has 0 unspecified atom stereocenters. The highest BCUT2D eigenvalue weighted by Crippen LogP contribution is 2.36. The molecule has 0 spiro atoms. The Kier molecular flexibility index (Phi) is 4.70. The first kappa shape index (κ1) is 17.2. The van der Waals surface area contributed by atoms with Gasteiger partial charge in [0.25, 0.3) is 11.2 Å². The molecule has 3 aromatic rings. The lowest BCUT2D eigenvalue weighted by molar-refractivity contribution is -0.384. The zero-order valence-corrected chi connectivity index (χ0v) is 14.2. The van der Waals surface area contributed by atoms with Gasteiger partial charge < -0.3 is 14.0 Å². The van der Waals surface area contributed by atoms with E-state index in [0.29, 0.717) is 22.6 Å². The van der Waals surface area contributed by atoms with Crippen molar-refractivity contribution in [3.63, 3.8) is 0 Å². The number of hydrogen-bond acceptors (Lipinski definition) is 5. The molecule has 0 aliphatic rings. The van der Waals surface area contributed by atoms with E-state index in [-0.39, 0.29) is 17.0 Å². The minimum atomic E-state index is -0.477. The summed E-state index contributed by atoms with van der Waals surface area (Å²) >= 11 is 0. The molecule has 0 amide bonds. The van der Waals surface area contributed by atoms with Gasteiger partial charge in [0.05, 0.1) is 12.0 Å². The molecule has 26 heavy (non-hydrogen) atoms. The molecule has 1 aromatic heterocycles. The van der Waals surface area contributed by atoms with Gasteiger partial charge in [-0.25, -0.2) is 0 Å². The molecule has 0 fully saturated rings. The lowest BCUT2D eigenvalue weighted by atomic mass is 10.1. The van der Waals surface area contributed by atoms with Crippen LogP contribution < -0.4 is 15.0 Å². The Morgan fingerprint density at radius 1 is 1.04 bits per heavy atom. The van der Waals surface area contributed by atoms with E-state index in [0.717, 1.165) is 0 Å². The van der Waals surface area contributed by atoms with Gasteiger partial charge in [-0.3, -0.25) is 14.9 Å². The Balaban J connectivity index is 2.17. The summed E-state index contributed by atoms with van der Waals surface area (Å²) in [4.78, 5) is 22.7. The zero-order chi connectivity index (χ0) is 18.7. The van der Waals surface area contributed by atoms with E-state index < -0.39 is 4.92 Å². The van der Waals surface area contributed by atoms with Crippen LogP contribution in [0, 0.1) is 10.1 Å². The van der Waals surface area contributed by atoms with E-state index >= 15 is 0 Å². The first-order valence-electron chi connectivity index (χ1n) is 7.76. The van der Waals surface area contributed by atoms with Gasteiger partial charge in [-0.1, -0.05) is 18.2 Å². The average molecular weight is 352 g/mol. The number of rotatable bonds is 5. The van der Waals surface area contributed by atoms with Gasteiger partial charge in [-0.05, 0) is 24.3 Å². The van der Waals surface area contributed by atoms with Crippen LogP contribution in [0.1, 0.15) is 0 Å². The van der Waals surface area contributed by atoms with Gasteiger partial charge in [0.1, 0.15) is 11.5 Å². The highest BCUT2D eigenvalue weighted by atomic mass is 16.6. The maximum absolute atomic E-state index is 12.0. The summed E-state index contributed by atoms with van der Waals surface area (Å²) in [5, 5.41) is 11.2. The van der Waals surface area contributed by atoms with Crippen molar-refractivity contribution in [1.82, 2.24) is 4.57 Å². The predicted octanol–water partition coefficient (Wildman–Crippen LogP) is 3.76. The first-order chi connectivity index (χ1) is 12.5. The first-order valence-corrected chi connectivity index (χ1v) is 7.76. The SMILES string of the molecule is COc1cc(-c2cc([N+](=O)[O-])ccc2Oc2ccccc2)cn(C)c1=O. The Labute approximate surface area is 149 Å². The summed E-state index contributed by atoms with van der Waals surface area (Å²) in [6.45, 7) is 0. The van der Waals surface area contributed by atoms with Crippen molar-refractivity contribution < 1.29 is 14.4 Å². The molecule has 0 radical (unpaired) electrons. The Hall–Kier alpha value is -3.61. The number of non-ortho nitro benzene ring substituents is 1. The molecular formula is C19H16N2O5. The topological polar surface area (TPSA) is 83.6 Å². The number of para-hydroxylation sites is 1. The normalized spacial score (nSPS) is 10.4. The lowest BCUT2D eigenvalue weighted by Gasteiger charge is -2.13. The van der Waals surface area contributed by atoms with E-state index in [1.165, 1.54) is 29.9 Å². The zero-order valence-electron chi connectivity index (χ0n) is 14.2. The summed E-state index contributed by atoms with van der Waals surface area (Å²) < 4.78 is 12.4. The number of nitro groups is 1. The number of nitrogens with zero attached hydrogens (tertiary/aromatic N) is 2. The molecule has 0 saturated heterocycles. The van der Waals surface area contributed by atoms with Crippen molar-refractivity contribution in [2.24, 2.45) is 7.05 Å². The van der Waals surface area contributed by atoms with Gasteiger partial charge in [-0.2, -0.15) is 0 Å². The molecule has 1 heterocycles. The molecular weight excluding hydrogens is 336 g/mol. The summed E-state index contributed by atoms with van der Waals surface area (Å²) in [6, 6.07) is 15.0. The number of benzene rings is 2. The smallest absolute Gasteiger partial charge is 0.292 e. The third-order valence-corrected chi connectivity index (χ3v) is 3.83. The van der Waals surface area contributed by atoms with Crippen molar-refractivity contribution in [1.29, 1.82) is 0 Å². The fourth-order valence-electron chi connectivity index (χ4n) is 2.54. The van der Waals surface area contributed by atoms with Crippen LogP contribution in [0.3, 0.4) is 0 Å². The van der Waals surface area contributed by atoms with Crippen LogP contribution in [0.5, 0.6) is 17.2 Å². The van der Waals surface area contributed by atoms with Gasteiger partial charge in [0.15, 0.2) is 5.75 Å². The second-order valence-corrected chi connectivity index (χ2v) is 5.57. The van der Waals surface area contributed by atoms with Gasteiger partial charge in [-0.15, -0.1) is 0 Å². The molecule has 132 valence electrons. The van der Waals surface area contributed by atoms with Gasteiger partial charge in [0, 0.05) is 36.5 Å². The number of ether oxygens (including phenoxy) is 2. The van der Waals surface area contributed by atoms with Crippen LogP contribution in [0.4, 0.5) is 5.69 Å². The number of methoxy groups -OCH3 is 1. The fraction of sp³-hybridized carbons (Fsp3) is 0.105. The summed E-state index contributed by atoms with van der Waals surface area (Å²) in [5.74, 6) is 1.17. The van der Waals surface area contributed by atoms with E-state index in [4.69, 9.17) is 9.47 Å². The molecule has 2 aromatic carbocycles. The maximum Gasteiger partial charge on any atom is 0.292 e. The Bertz CT molecular complexity index is 1010. The van der Waals surface area contributed by atoms with Crippen LogP contribution >= 0.6 is 0 Å². The van der Waals surface area contributed by atoms with Crippen LogP contribution in [0.25, 0.3) is 11.1 Å². The van der Waals surface area contributed by atoms with Gasteiger partial charge in [0.2, 0.25) is 0 Å². The quantitative estimate of drug-likeness (QED) is 0.516. The number of aryl methyl sites for hydroxylation is 1. The second kappa shape index (κ2) is 7.10. The third-order valence-electron chi connectivity index (χ3n) is 3.83. The average Bonchev–Trinajstić information content (AvgIpc) is 2.65. The number of pyridine rings is 1. The van der Waals surface area contributed by atoms with E-state index in [1.54, 1.807) is 31.4 Å². The monoisotopic (exact) mass is 352 g/mol.